The Morgan fingerprint density at radius 1 is 1.13 bits per heavy atom. The van der Waals surface area contributed by atoms with Crippen LogP contribution < -0.4 is 10.6 Å². The van der Waals surface area contributed by atoms with Gasteiger partial charge in [-0.05, 0) is 43.2 Å². The van der Waals surface area contributed by atoms with Gasteiger partial charge in [0.25, 0.3) is 0 Å². The van der Waals surface area contributed by atoms with Gasteiger partial charge in [0.1, 0.15) is 5.82 Å². The van der Waals surface area contributed by atoms with Crippen LogP contribution in [-0.2, 0) is 0 Å². The number of anilines is 1. The van der Waals surface area contributed by atoms with Crippen molar-refractivity contribution in [3.05, 3.63) is 47.5 Å². The number of nitrogens with zero attached hydrogens (tertiary/aromatic N) is 2. The molecule has 1 aliphatic heterocycles. The predicted octanol–water partition coefficient (Wildman–Crippen LogP) is 3.81. The summed E-state index contributed by atoms with van der Waals surface area (Å²) in [7, 11) is 0. The highest BCUT2D eigenvalue weighted by atomic mass is 35.5. The molecule has 0 unspecified atom stereocenters. The average molecular weight is 327 g/mol. The van der Waals surface area contributed by atoms with Crippen molar-refractivity contribution in [2.24, 2.45) is 5.73 Å². The first-order valence-corrected chi connectivity index (χ1v) is 8.34. The van der Waals surface area contributed by atoms with Gasteiger partial charge in [0.2, 0.25) is 0 Å². The van der Waals surface area contributed by atoms with Crippen LogP contribution >= 0.6 is 11.6 Å². The zero-order valence-electron chi connectivity index (χ0n) is 12.8. The maximum atomic E-state index is 6.42. The first-order valence-electron chi connectivity index (χ1n) is 7.96. The summed E-state index contributed by atoms with van der Waals surface area (Å²) in [5.41, 5.74) is 10.1. The second-order valence-corrected chi connectivity index (χ2v) is 6.50. The summed E-state index contributed by atoms with van der Waals surface area (Å²) in [4.78, 5) is 10.4. The van der Waals surface area contributed by atoms with Gasteiger partial charge in [-0.15, -0.1) is 0 Å². The van der Waals surface area contributed by atoms with Crippen LogP contribution in [0.5, 0.6) is 0 Å². The molecule has 3 N–H and O–H groups in total. The first kappa shape index (κ1) is 14.5. The van der Waals surface area contributed by atoms with Gasteiger partial charge in [0.05, 0.1) is 16.1 Å². The van der Waals surface area contributed by atoms with E-state index >= 15 is 0 Å². The van der Waals surface area contributed by atoms with Crippen LogP contribution in [-0.4, -0.2) is 29.1 Å². The van der Waals surface area contributed by atoms with Gasteiger partial charge in [-0.2, -0.15) is 0 Å². The molecule has 1 fully saturated rings. The lowest BCUT2D eigenvalue weighted by Crippen LogP contribution is -2.39. The van der Waals surface area contributed by atoms with E-state index in [1.54, 1.807) is 0 Å². The smallest absolute Gasteiger partial charge is 0.140 e. The summed E-state index contributed by atoms with van der Waals surface area (Å²) in [6, 6.07) is 14.5. The Kier molecular flexibility index (Phi) is 3.71. The lowest BCUT2D eigenvalue weighted by molar-refractivity contribution is 0.501. The van der Waals surface area contributed by atoms with E-state index in [0.717, 1.165) is 48.4 Å². The summed E-state index contributed by atoms with van der Waals surface area (Å²) in [5.74, 6) is 0.812. The number of rotatable bonds is 2. The van der Waals surface area contributed by atoms with Gasteiger partial charge in [0.15, 0.2) is 0 Å². The number of H-pyrrole nitrogens is 1. The molecule has 0 saturated carbocycles. The Labute approximate surface area is 140 Å². The summed E-state index contributed by atoms with van der Waals surface area (Å²) >= 11 is 6.42. The molecule has 0 aliphatic carbocycles. The minimum Gasteiger partial charge on any atom is -0.371 e. The Balaban J connectivity index is 1.71. The lowest BCUT2D eigenvalue weighted by Gasteiger charge is -2.32. The number of aromatic nitrogens is 2. The third-order valence-corrected chi connectivity index (χ3v) is 4.83. The van der Waals surface area contributed by atoms with Crippen LogP contribution in [0.25, 0.3) is 22.4 Å². The van der Waals surface area contributed by atoms with Crippen LogP contribution in [0.2, 0.25) is 5.02 Å². The quantitative estimate of drug-likeness (QED) is 0.753. The molecule has 5 heteroatoms. The summed E-state index contributed by atoms with van der Waals surface area (Å²) in [6.45, 7) is 1.98. The molecule has 1 aromatic heterocycles. The number of benzene rings is 2. The van der Waals surface area contributed by atoms with Gasteiger partial charge in [-0.25, -0.2) is 4.98 Å². The van der Waals surface area contributed by atoms with E-state index < -0.39 is 0 Å². The van der Waals surface area contributed by atoms with Crippen LogP contribution in [0.4, 0.5) is 5.69 Å². The van der Waals surface area contributed by atoms with E-state index in [0.29, 0.717) is 11.1 Å². The van der Waals surface area contributed by atoms with Crippen LogP contribution in [0.3, 0.4) is 0 Å². The molecule has 0 amide bonds. The Morgan fingerprint density at radius 2 is 1.91 bits per heavy atom. The Morgan fingerprint density at radius 3 is 2.70 bits per heavy atom. The van der Waals surface area contributed by atoms with Crippen molar-refractivity contribution in [1.29, 1.82) is 0 Å². The van der Waals surface area contributed by atoms with Crippen molar-refractivity contribution < 1.29 is 0 Å². The molecule has 118 valence electrons. The molecule has 23 heavy (non-hydrogen) atoms. The highest BCUT2D eigenvalue weighted by Crippen LogP contribution is 2.32. The van der Waals surface area contributed by atoms with Crippen LogP contribution in [0.15, 0.2) is 42.5 Å². The van der Waals surface area contributed by atoms with Crippen molar-refractivity contribution in [1.82, 2.24) is 9.97 Å². The molecule has 1 saturated heterocycles. The number of para-hydroxylation sites is 2. The number of piperidine rings is 1. The summed E-state index contributed by atoms with van der Waals surface area (Å²) in [6.07, 6.45) is 2.06. The summed E-state index contributed by atoms with van der Waals surface area (Å²) < 4.78 is 0. The van der Waals surface area contributed by atoms with Crippen LogP contribution in [0, 0.1) is 0 Å². The van der Waals surface area contributed by atoms with E-state index in [1.165, 1.54) is 5.69 Å². The van der Waals surface area contributed by atoms with Gasteiger partial charge in [-0.3, -0.25) is 0 Å². The number of hydrogen-bond acceptors (Lipinski definition) is 3. The summed E-state index contributed by atoms with van der Waals surface area (Å²) in [5, 5.41) is 0.710. The minimum absolute atomic E-state index is 0.327. The van der Waals surface area contributed by atoms with E-state index in [4.69, 9.17) is 17.3 Å². The fourth-order valence-corrected chi connectivity index (χ4v) is 3.34. The molecule has 4 nitrogen and oxygen atoms in total. The standard InChI is InChI=1S/C18H19ClN4/c19-15-6-5-13(23-9-7-12(20)8-10-23)11-14(15)18-21-16-3-1-2-4-17(16)22-18/h1-6,11-12H,7-10,20H2,(H,21,22). The number of fused-ring (bicyclic) bond motifs is 1. The predicted molar refractivity (Wildman–Crippen MR) is 96.0 cm³/mol. The van der Waals surface area contributed by atoms with Crippen molar-refractivity contribution in [2.75, 3.05) is 18.0 Å². The van der Waals surface area contributed by atoms with Gasteiger partial charge in [0, 0.05) is 30.4 Å². The number of aromatic amines is 1. The molecule has 4 rings (SSSR count). The fraction of sp³-hybridized carbons (Fsp3) is 0.278. The number of nitrogens with two attached hydrogens (primary N) is 1. The largest absolute Gasteiger partial charge is 0.371 e. The van der Waals surface area contributed by atoms with E-state index in [9.17, 15) is 0 Å². The van der Waals surface area contributed by atoms with Crippen LogP contribution in [0.1, 0.15) is 12.8 Å². The lowest BCUT2D eigenvalue weighted by atomic mass is 10.0. The Hall–Kier alpha value is -2.04. The molecule has 0 atom stereocenters. The van der Waals surface area contributed by atoms with Crippen molar-refractivity contribution in [3.63, 3.8) is 0 Å². The molecular weight excluding hydrogens is 308 g/mol. The second-order valence-electron chi connectivity index (χ2n) is 6.09. The number of imidazole rings is 1. The molecular formula is C18H19ClN4. The van der Waals surface area contributed by atoms with Gasteiger partial charge < -0.3 is 15.6 Å². The molecule has 3 aromatic rings. The second kappa shape index (κ2) is 5.87. The minimum atomic E-state index is 0.327. The number of hydrogen-bond donors (Lipinski definition) is 2. The van der Waals surface area contributed by atoms with E-state index in [1.807, 2.05) is 30.3 Å². The number of nitrogens with one attached hydrogen (secondary N) is 1. The third kappa shape index (κ3) is 2.80. The molecule has 1 aliphatic rings. The highest BCUT2D eigenvalue weighted by Gasteiger charge is 2.18. The number of halogens is 1. The molecule has 0 spiro atoms. The maximum Gasteiger partial charge on any atom is 0.140 e. The zero-order valence-corrected chi connectivity index (χ0v) is 13.6. The van der Waals surface area contributed by atoms with Gasteiger partial charge >= 0.3 is 0 Å². The average Bonchev–Trinajstić information content (AvgIpc) is 3.00. The first-order chi connectivity index (χ1) is 11.2. The monoisotopic (exact) mass is 326 g/mol. The molecule has 0 radical (unpaired) electrons. The Bertz CT molecular complexity index is 801. The normalized spacial score (nSPS) is 16.2. The molecule has 0 bridgehead atoms. The van der Waals surface area contributed by atoms with Crippen molar-refractivity contribution >= 4 is 28.3 Å². The topological polar surface area (TPSA) is 57.9 Å². The molecule has 2 heterocycles. The van der Waals surface area contributed by atoms with E-state index in [2.05, 4.69) is 27.0 Å². The highest BCUT2D eigenvalue weighted by molar-refractivity contribution is 6.33. The fourth-order valence-electron chi connectivity index (χ4n) is 3.13. The van der Waals surface area contributed by atoms with E-state index in [-0.39, 0.29) is 0 Å². The maximum absolute atomic E-state index is 6.42. The van der Waals surface area contributed by atoms with Crippen molar-refractivity contribution in [3.8, 4) is 11.4 Å². The third-order valence-electron chi connectivity index (χ3n) is 4.50. The molecule has 2 aromatic carbocycles. The SMILES string of the molecule is NC1CCN(c2ccc(Cl)c(-c3nc4ccccc4[nH]3)c2)CC1. The van der Waals surface area contributed by atoms with Crippen molar-refractivity contribution in [2.45, 2.75) is 18.9 Å². The van der Waals surface area contributed by atoms with Gasteiger partial charge in [-0.1, -0.05) is 23.7 Å². The zero-order chi connectivity index (χ0) is 15.8.